The second-order valence-electron chi connectivity index (χ2n) is 5.05. The summed E-state index contributed by atoms with van der Waals surface area (Å²) in [5.41, 5.74) is 1.45. The molecular formula is C15H15N3O2S. The van der Waals surface area contributed by atoms with Crippen molar-refractivity contribution in [2.45, 2.75) is 24.4 Å². The Hall–Kier alpha value is -2.10. The van der Waals surface area contributed by atoms with Crippen LogP contribution in [0.2, 0.25) is 0 Å². The number of benzene rings is 1. The number of aromatic nitrogens is 1. The highest BCUT2D eigenvalue weighted by atomic mass is 32.2. The molecule has 108 valence electrons. The van der Waals surface area contributed by atoms with Crippen molar-refractivity contribution in [1.82, 2.24) is 8.87 Å². The van der Waals surface area contributed by atoms with Crippen molar-refractivity contribution < 1.29 is 8.42 Å². The highest BCUT2D eigenvalue weighted by Gasteiger charge is 2.33. The van der Waals surface area contributed by atoms with Crippen molar-refractivity contribution in [3.63, 3.8) is 0 Å². The summed E-state index contributed by atoms with van der Waals surface area (Å²) in [7, 11) is -3.55. The third kappa shape index (κ3) is 2.24. The first-order valence-corrected chi connectivity index (χ1v) is 8.15. The maximum absolute atomic E-state index is 12.8. The molecule has 2 heterocycles. The first-order chi connectivity index (χ1) is 10.0. The smallest absolute Gasteiger partial charge is 0.243 e. The normalized spacial score (nSPS) is 19.0. The van der Waals surface area contributed by atoms with Gasteiger partial charge < -0.3 is 4.57 Å². The fraction of sp³-hybridized carbons (Fsp3) is 0.267. The predicted molar refractivity (Wildman–Crippen MR) is 77.9 cm³/mol. The van der Waals surface area contributed by atoms with E-state index >= 15 is 0 Å². The highest BCUT2D eigenvalue weighted by Crippen LogP contribution is 2.30. The summed E-state index contributed by atoms with van der Waals surface area (Å²) in [6.07, 6.45) is 1.97. The van der Waals surface area contributed by atoms with Crippen molar-refractivity contribution in [1.29, 1.82) is 5.26 Å². The molecule has 0 aliphatic carbocycles. The van der Waals surface area contributed by atoms with E-state index in [2.05, 4.69) is 4.57 Å². The zero-order valence-corrected chi connectivity index (χ0v) is 12.4. The quantitative estimate of drug-likeness (QED) is 0.853. The molecule has 0 bridgehead atoms. The maximum atomic E-state index is 12.8. The molecule has 5 nitrogen and oxygen atoms in total. The van der Waals surface area contributed by atoms with Crippen LogP contribution < -0.4 is 0 Å². The highest BCUT2D eigenvalue weighted by molar-refractivity contribution is 7.89. The SMILES string of the molecule is CC1c2cccn2CCN1S(=O)(=O)c1ccc(C#N)cc1. The van der Waals surface area contributed by atoms with Crippen LogP contribution in [0.25, 0.3) is 0 Å². The summed E-state index contributed by atoms with van der Waals surface area (Å²) >= 11 is 0. The average molecular weight is 301 g/mol. The minimum absolute atomic E-state index is 0.200. The van der Waals surface area contributed by atoms with Crippen molar-refractivity contribution in [2.75, 3.05) is 6.54 Å². The molecule has 1 aromatic carbocycles. The molecule has 0 amide bonds. The van der Waals surface area contributed by atoms with Crippen LogP contribution in [0.5, 0.6) is 0 Å². The van der Waals surface area contributed by atoms with Crippen LogP contribution in [0, 0.1) is 11.3 Å². The van der Waals surface area contributed by atoms with Gasteiger partial charge in [-0.2, -0.15) is 9.57 Å². The molecule has 6 heteroatoms. The predicted octanol–water partition coefficient (Wildman–Crippen LogP) is 2.13. The Kier molecular flexibility index (Phi) is 3.32. The Morgan fingerprint density at radius 2 is 1.90 bits per heavy atom. The van der Waals surface area contributed by atoms with E-state index in [9.17, 15) is 8.42 Å². The number of hydrogen-bond acceptors (Lipinski definition) is 3. The summed E-state index contributed by atoms with van der Waals surface area (Å²) in [6, 6.07) is 11.7. The number of nitriles is 1. The third-order valence-electron chi connectivity index (χ3n) is 3.88. The Balaban J connectivity index is 1.97. The summed E-state index contributed by atoms with van der Waals surface area (Å²) in [4.78, 5) is 0.230. The van der Waals surface area contributed by atoms with E-state index in [1.54, 1.807) is 0 Å². The average Bonchev–Trinajstić information content (AvgIpc) is 2.97. The topological polar surface area (TPSA) is 66.1 Å². The van der Waals surface area contributed by atoms with E-state index in [-0.39, 0.29) is 10.9 Å². The fourth-order valence-corrected chi connectivity index (χ4v) is 4.32. The lowest BCUT2D eigenvalue weighted by Crippen LogP contribution is -2.40. The number of sulfonamides is 1. The second kappa shape index (κ2) is 5.02. The summed E-state index contributed by atoms with van der Waals surface area (Å²) < 4.78 is 29.1. The van der Waals surface area contributed by atoms with E-state index in [0.29, 0.717) is 18.7 Å². The van der Waals surface area contributed by atoms with E-state index in [1.165, 1.54) is 28.6 Å². The van der Waals surface area contributed by atoms with Gasteiger partial charge in [0.25, 0.3) is 0 Å². The zero-order valence-electron chi connectivity index (χ0n) is 11.6. The molecule has 1 unspecified atom stereocenters. The molecular weight excluding hydrogens is 286 g/mol. The number of nitrogens with zero attached hydrogens (tertiary/aromatic N) is 3. The molecule has 21 heavy (non-hydrogen) atoms. The van der Waals surface area contributed by atoms with E-state index in [1.807, 2.05) is 31.3 Å². The van der Waals surface area contributed by atoms with Crippen LogP contribution in [0.1, 0.15) is 24.2 Å². The van der Waals surface area contributed by atoms with Gasteiger partial charge >= 0.3 is 0 Å². The monoisotopic (exact) mass is 301 g/mol. The van der Waals surface area contributed by atoms with E-state index in [0.717, 1.165) is 5.69 Å². The van der Waals surface area contributed by atoms with Gasteiger partial charge in [0, 0.05) is 25.0 Å². The Bertz CT molecular complexity index is 800. The van der Waals surface area contributed by atoms with Gasteiger partial charge in [-0.25, -0.2) is 8.42 Å². The van der Waals surface area contributed by atoms with Crippen LogP contribution >= 0.6 is 0 Å². The minimum atomic E-state index is -3.55. The zero-order chi connectivity index (χ0) is 15.0. The lowest BCUT2D eigenvalue weighted by molar-refractivity contribution is 0.282. The maximum Gasteiger partial charge on any atom is 0.243 e. The van der Waals surface area contributed by atoms with Gasteiger partial charge in [0.2, 0.25) is 10.0 Å². The Morgan fingerprint density at radius 3 is 2.57 bits per heavy atom. The van der Waals surface area contributed by atoms with Gasteiger partial charge in [-0.05, 0) is 43.3 Å². The first-order valence-electron chi connectivity index (χ1n) is 6.71. The standard InChI is InChI=1S/C15H15N3O2S/c1-12-15-3-2-8-17(15)9-10-18(12)21(19,20)14-6-4-13(11-16)5-7-14/h2-8,12H,9-10H2,1H3. The largest absolute Gasteiger partial charge is 0.349 e. The lowest BCUT2D eigenvalue weighted by Gasteiger charge is -2.33. The second-order valence-corrected chi connectivity index (χ2v) is 6.94. The van der Waals surface area contributed by atoms with Gasteiger partial charge in [-0.1, -0.05) is 0 Å². The molecule has 0 fully saturated rings. The molecule has 0 radical (unpaired) electrons. The van der Waals surface area contributed by atoms with Crippen molar-refractivity contribution in [3.05, 3.63) is 53.9 Å². The van der Waals surface area contributed by atoms with Gasteiger partial charge in [-0.15, -0.1) is 0 Å². The number of hydrogen-bond donors (Lipinski definition) is 0. The Morgan fingerprint density at radius 1 is 1.19 bits per heavy atom. The van der Waals surface area contributed by atoms with Gasteiger partial charge in [0.1, 0.15) is 0 Å². The van der Waals surface area contributed by atoms with Gasteiger partial charge in [-0.3, -0.25) is 0 Å². The minimum Gasteiger partial charge on any atom is -0.349 e. The molecule has 0 saturated carbocycles. The summed E-state index contributed by atoms with van der Waals surface area (Å²) in [6.45, 7) is 3.00. The molecule has 0 saturated heterocycles. The summed E-state index contributed by atoms with van der Waals surface area (Å²) in [5.74, 6) is 0. The molecule has 0 spiro atoms. The van der Waals surface area contributed by atoms with Gasteiger partial charge in [0.15, 0.2) is 0 Å². The van der Waals surface area contributed by atoms with E-state index in [4.69, 9.17) is 5.26 Å². The molecule has 2 aromatic rings. The Labute approximate surface area is 124 Å². The van der Waals surface area contributed by atoms with Crippen LogP contribution in [0.4, 0.5) is 0 Å². The first kappa shape index (κ1) is 13.9. The van der Waals surface area contributed by atoms with Crippen LogP contribution in [0.3, 0.4) is 0 Å². The van der Waals surface area contributed by atoms with Crippen LogP contribution in [0.15, 0.2) is 47.5 Å². The molecule has 1 aliphatic rings. The van der Waals surface area contributed by atoms with Crippen molar-refractivity contribution in [2.24, 2.45) is 0 Å². The lowest BCUT2D eigenvalue weighted by atomic mass is 10.2. The molecule has 3 rings (SSSR count). The molecule has 1 atom stereocenters. The molecule has 1 aromatic heterocycles. The molecule has 1 aliphatic heterocycles. The number of rotatable bonds is 2. The van der Waals surface area contributed by atoms with Gasteiger partial charge in [0.05, 0.1) is 22.6 Å². The molecule has 0 N–H and O–H groups in total. The van der Waals surface area contributed by atoms with E-state index < -0.39 is 10.0 Å². The summed E-state index contributed by atoms with van der Waals surface area (Å²) in [5, 5.41) is 8.80. The number of fused-ring (bicyclic) bond motifs is 1. The van der Waals surface area contributed by atoms with Crippen LogP contribution in [-0.2, 0) is 16.6 Å². The third-order valence-corrected chi connectivity index (χ3v) is 5.86. The van der Waals surface area contributed by atoms with Crippen molar-refractivity contribution >= 4 is 10.0 Å². The fourth-order valence-electron chi connectivity index (χ4n) is 2.72. The van der Waals surface area contributed by atoms with Crippen molar-refractivity contribution in [3.8, 4) is 6.07 Å². The van der Waals surface area contributed by atoms with Crippen LogP contribution in [-0.4, -0.2) is 23.8 Å².